The number of thiazole rings is 1. The van der Waals surface area contributed by atoms with Crippen molar-refractivity contribution < 1.29 is 5.11 Å². The molecule has 0 aromatic carbocycles. The van der Waals surface area contributed by atoms with Crippen LogP contribution >= 0.6 is 22.9 Å². The van der Waals surface area contributed by atoms with Crippen molar-refractivity contribution in [1.29, 1.82) is 0 Å². The maximum atomic E-state index is 9.09. The van der Waals surface area contributed by atoms with Crippen LogP contribution in [0.4, 0.5) is 0 Å². The largest absolute Gasteiger partial charge is 0.395 e. The lowest BCUT2D eigenvalue weighted by atomic mass is 10.2. The summed E-state index contributed by atoms with van der Waals surface area (Å²) in [6.07, 6.45) is 4.16. The van der Waals surface area contributed by atoms with Gasteiger partial charge in [0, 0.05) is 19.1 Å². The number of halogens is 1. The molecular formula is C11H18ClN3OS. The highest BCUT2D eigenvalue weighted by Crippen LogP contribution is 2.20. The van der Waals surface area contributed by atoms with E-state index >= 15 is 0 Å². The fraction of sp³-hybridized carbons (Fsp3) is 0.727. The molecule has 2 rings (SSSR count). The summed E-state index contributed by atoms with van der Waals surface area (Å²) in [6.45, 7) is 3.73. The number of nitrogens with one attached hydrogen (secondary N) is 1. The molecule has 1 aliphatic rings. The lowest BCUT2D eigenvalue weighted by Gasteiger charge is -2.23. The maximum absolute atomic E-state index is 9.09. The molecule has 0 amide bonds. The van der Waals surface area contributed by atoms with Crippen molar-refractivity contribution in [2.45, 2.75) is 25.4 Å². The van der Waals surface area contributed by atoms with Gasteiger partial charge in [0.2, 0.25) is 0 Å². The summed E-state index contributed by atoms with van der Waals surface area (Å²) in [5.41, 5.74) is 0. The van der Waals surface area contributed by atoms with E-state index in [1.54, 1.807) is 6.20 Å². The molecule has 1 aromatic rings. The lowest BCUT2D eigenvalue weighted by Crippen LogP contribution is -2.38. The van der Waals surface area contributed by atoms with Crippen LogP contribution in [0, 0.1) is 0 Å². The molecule has 1 unspecified atom stereocenters. The van der Waals surface area contributed by atoms with Crippen molar-refractivity contribution in [2.24, 2.45) is 0 Å². The van der Waals surface area contributed by atoms with E-state index in [2.05, 4.69) is 15.2 Å². The molecule has 1 aromatic heterocycles. The molecule has 1 atom stereocenters. The highest BCUT2D eigenvalue weighted by Gasteiger charge is 2.18. The van der Waals surface area contributed by atoms with E-state index in [4.69, 9.17) is 16.7 Å². The Hall–Kier alpha value is -0.200. The molecule has 1 fully saturated rings. The molecular weight excluding hydrogens is 258 g/mol. The van der Waals surface area contributed by atoms with Crippen molar-refractivity contribution in [1.82, 2.24) is 15.2 Å². The van der Waals surface area contributed by atoms with Gasteiger partial charge in [0.25, 0.3) is 0 Å². The van der Waals surface area contributed by atoms with Gasteiger partial charge in [-0.3, -0.25) is 4.90 Å². The summed E-state index contributed by atoms with van der Waals surface area (Å²) in [5.74, 6) is 0. The van der Waals surface area contributed by atoms with E-state index in [9.17, 15) is 0 Å². The normalized spacial score (nSPS) is 20.3. The summed E-state index contributed by atoms with van der Waals surface area (Å²) < 4.78 is 0.725. The van der Waals surface area contributed by atoms with Gasteiger partial charge in [-0.25, -0.2) is 4.98 Å². The van der Waals surface area contributed by atoms with E-state index in [0.717, 1.165) is 29.0 Å². The zero-order chi connectivity index (χ0) is 12.1. The Morgan fingerprint density at radius 3 is 3.12 bits per heavy atom. The molecule has 96 valence electrons. The molecule has 17 heavy (non-hydrogen) atoms. The van der Waals surface area contributed by atoms with Crippen molar-refractivity contribution >= 4 is 22.9 Å². The number of aromatic nitrogens is 1. The van der Waals surface area contributed by atoms with Crippen LogP contribution in [0.2, 0.25) is 4.34 Å². The second kappa shape index (κ2) is 6.66. The minimum atomic E-state index is 0.186. The third-order valence-electron chi connectivity index (χ3n) is 2.94. The van der Waals surface area contributed by atoms with Gasteiger partial charge in [0.1, 0.15) is 9.34 Å². The van der Waals surface area contributed by atoms with Crippen LogP contribution < -0.4 is 5.32 Å². The summed E-state index contributed by atoms with van der Waals surface area (Å²) in [5, 5.41) is 13.6. The van der Waals surface area contributed by atoms with Gasteiger partial charge in [0.15, 0.2) is 0 Å². The number of nitrogens with zero attached hydrogens (tertiary/aromatic N) is 2. The molecule has 1 aliphatic heterocycles. The summed E-state index contributed by atoms with van der Waals surface area (Å²) in [4.78, 5) is 6.49. The van der Waals surface area contributed by atoms with Crippen molar-refractivity contribution in [3.05, 3.63) is 15.5 Å². The quantitative estimate of drug-likeness (QED) is 0.823. The van der Waals surface area contributed by atoms with Crippen molar-refractivity contribution in [3.8, 4) is 0 Å². The van der Waals surface area contributed by atoms with E-state index in [1.165, 1.54) is 24.2 Å². The highest BCUT2D eigenvalue weighted by molar-refractivity contribution is 7.15. The number of hydrogen-bond acceptors (Lipinski definition) is 5. The van der Waals surface area contributed by atoms with Crippen LogP contribution in [-0.4, -0.2) is 47.3 Å². The van der Waals surface area contributed by atoms with Gasteiger partial charge in [-0.1, -0.05) is 11.6 Å². The fourth-order valence-electron chi connectivity index (χ4n) is 2.15. The first kappa shape index (κ1) is 13.2. The Labute approximate surface area is 111 Å². The Morgan fingerprint density at radius 1 is 1.65 bits per heavy atom. The Kier molecular flexibility index (Phi) is 5.18. The SMILES string of the molecule is OCCN(Cc1ncc(Cl)s1)CC1CCCN1. The topological polar surface area (TPSA) is 48.4 Å². The van der Waals surface area contributed by atoms with Crippen LogP contribution in [-0.2, 0) is 6.54 Å². The Morgan fingerprint density at radius 2 is 2.53 bits per heavy atom. The van der Waals surface area contributed by atoms with E-state index in [0.29, 0.717) is 12.6 Å². The average Bonchev–Trinajstić information content (AvgIpc) is 2.91. The van der Waals surface area contributed by atoms with E-state index in [-0.39, 0.29) is 6.61 Å². The molecule has 2 heterocycles. The van der Waals surface area contributed by atoms with Crippen LogP contribution in [0.5, 0.6) is 0 Å². The number of rotatable bonds is 6. The molecule has 0 bridgehead atoms. The zero-order valence-electron chi connectivity index (χ0n) is 9.73. The summed E-state index contributed by atoms with van der Waals surface area (Å²) in [6, 6.07) is 0.553. The van der Waals surface area contributed by atoms with Crippen molar-refractivity contribution in [3.63, 3.8) is 0 Å². The summed E-state index contributed by atoms with van der Waals surface area (Å²) in [7, 11) is 0. The monoisotopic (exact) mass is 275 g/mol. The molecule has 2 N–H and O–H groups in total. The van der Waals surface area contributed by atoms with Crippen molar-refractivity contribution in [2.75, 3.05) is 26.2 Å². The second-order valence-corrected chi connectivity index (χ2v) is 6.06. The van der Waals surface area contributed by atoms with E-state index < -0.39 is 0 Å². The third kappa shape index (κ3) is 4.19. The standard InChI is InChI=1S/C11H18ClN3OS/c12-10-6-14-11(17-10)8-15(4-5-16)7-9-2-1-3-13-9/h6,9,13,16H,1-5,7-8H2. The highest BCUT2D eigenvalue weighted by atomic mass is 35.5. The second-order valence-electron chi connectivity index (χ2n) is 4.31. The summed E-state index contributed by atoms with van der Waals surface area (Å²) >= 11 is 7.38. The number of aliphatic hydroxyl groups excluding tert-OH is 1. The molecule has 0 spiro atoms. The first-order chi connectivity index (χ1) is 8.28. The van der Waals surface area contributed by atoms with Gasteiger partial charge in [-0.15, -0.1) is 11.3 Å². The average molecular weight is 276 g/mol. The third-order valence-corrected chi connectivity index (χ3v) is 4.04. The first-order valence-corrected chi connectivity index (χ1v) is 7.14. The molecule has 6 heteroatoms. The molecule has 4 nitrogen and oxygen atoms in total. The minimum absolute atomic E-state index is 0.186. The number of hydrogen-bond donors (Lipinski definition) is 2. The Bertz CT molecular complexity index is 341. The van der Waals surface area contributed by atoms with E-state index in [1.807, 2.05) is 0 Å². The lowest BCUT2D eigenvalue weighted by molar-refractivity contribution is 0.179. The fourth-order valence-corrected chi connectivity index (χ4v) is 3.15. The molecule has 1 saturated heterocycles. The van der Waals surface area contributed by atoms with Crippen LogP contribution in [0.15, 0.2) is 6.20 Å². The zero-order valence-corrected chi connectivity index (χ0v) is 11.3. The molecule has 0 radical (unpaired) electrons. The number of aliphatic hydroxyl groups is 1. The maximum Gasteiger partial charge on any atom is 0.113 e. The Balaban J connectivity index is 1.87. The van der Waals surface area contributed by atoms with Crippen LogP contribution in [0.3, 0.4) is 0 Å². The predicted molar refractivity (Wildman–Crippen MR) is 70.5 cm³/mol. The van der Waals surface area contributed by atoms with Crippen LogP contribution in [0.1, 0.15) is 17.8 Å². The predicted octanol–water partition coefficient (Wildman–Crippen LogP) is 1.34. The molecule has 0 saturated carbocycles. The van der Waals surface area contributed by atoms with Crippen LogP contribution in [0.25, 0.3) is 0 Å². The van der Waals surface area contributed by atoms with Gasteiger partial charge < -0.3 is 10.4 Å². The van der Waals surface area contributed by atoms with Gasteiger partial charge in [-0.05, 0) is 19.4 Å². The first-order valence-electron chi connectivity index (χ1n) is 5.94. The molecule has 0 aliphatic carbocycles. The smallest absolute Gasteiger partial charge is 0.113 e. The van der Waals surface area contributed by atoms with Gasteiger partial charge in [0.05, 0.1) is 19.3 Å². The van der Waals surface area contributed by atoms with Gasteiger partial charge >= 0.3 is 0 Å². The van der Waals surface area contributed by atoms with Gasteiger partial charge in [-0.2, -0.15) is 0 Å². The minimum Gasteiger partial charge on any atom is -0.395 e.